The van der Waals surface area contributed by atoms with Crippen molar-refractivity contribution >= 4 is 11.9 Å². The van der Waals surface area contributed by atoms with Gasteiger partial charge in [-0.3, -0.25) is 4.79 Å². The van der Waals surface area contributed by atoms with Gasteiger partial charge >= 0.3 is 11.9 Å². The predicted molar refractivity (Wildman–Crippen MR) is 68.2 cm³/mol. The normalized spacial score (nSPS) is 24.2. The third-order valence-electron chi connectivity index (χ3n) is 3.15. The molecule has 1 aliphatic carbocycles. The van der Waals surface area contributed by atoms with Crippen LogP contribution in [0.25, 0.3) is 0 Å². The molecule has 0 aliphatic heterocycles. The highest BCUT2D eigenvalue weighted by Crippen LogP contribution is 2.43. The smallest absolute Gasteiger partial charge is 0.331 e. The first-order valence-corrected chi connectivity index (χ1v) is 5.93. The molecule has 0 aromatic heterocycles. The van der Waals surface area contributed by atoms with Gasteiger partial charge < -0.3 is 10.2 Å². The highest BCUT2D eigenvalue weighted by atomic mass is 16.4. The lowest BCUT2D eigenvalue weighted by molar-refractivity contribution is -0.148. The van der Waals surface area contributed by atoms with Crippen LogP contribution in [0.5, 0.6) is 0 Å². The van der Waals surface area contributed by atoms with E-state index in [1.54, 1.807) is 19.1 Å². The Morgan fingerprint density at radius 3 is 2.28 bits per heavy atom. The summed E-state index contributed by atoms with van der Waals surface area (Å²) in [4.78, 5) is 22.7. The summed E-state index contributed by atoms with van der Waals surface area (Å²) in [6, 6.07) is 0. The van der Waals surface area contributed by atoms with Crippen molar-refractivity contribution in [3.05, 3.63) is 23.3 Å². The molecule has 0 spiro atoms. The molecule has 100 valence electrons. The van der Waals surface area contributed by atoms with Crippen molar-refractivity contribution in [3.8, 4) is 0 Å². The second kappa shape index (κ2) is 4.59. The van der Waals surface area contributed by atoms with Crippen molar-refractivity contribution in [2.24, 2.45) is 10.8 Å². The summed E-state index contributed by atoms with van der Waals surface area (Å²) in [6.07, 6.45) is 3.72. The molecule has 0 heterocycles. The van der Waals surface area contributed by atoms with Gasteiger partial charge in [-0.2, -0.15) is 0 Å². The average Bonchev–Trinajstić information content (AvgIpc) is 2.18. The zero-order chi connectivity index (χ0) is 14.1. The van der Waals surface area contributed by atoms with Gasteiger partial charge in [0.2, 0.25) is 0 Å². The maximum absolute atomic E-state index is 11.6. The maximum atomic E-state index is 11.6. The molecule has 1 rings (SSSR count). The number of hydrogen-bond donors (Lipinski definition) is 2. The van der Waals surface area contributed by atoms with E-state index in [0.717, 1.165) is 0 Å². The van der Waals surface area contributed by atoms with E-state index in [2.05, 4.69) is 0 Å². The van der Waals surface area contributed by atoms with Gasteiger partial charge in [-0.25, -0.2) is 4.79 Å². The molecule has 1 atom stereocenters. The van der Waals surface area contributed by atoms with Crippen molar-refractivity contribution < 1.29 is 19.8 Å². The Morgan fingerprint density at radius 2 is 1.89 bits per heavy atom. The molecule has 18 heavy (non-hydrogen) atoms. The SMILES string of the molecule is CC1=C(C(=O)O)CC(CC(C)(C)C)(C(=O)O)C=C1. The fourth-order valence-corrected chi connectivity index (χ4v) is 2.43. The molecular formula is C14H20O4. The van der Waals surface area contributed by atoms with Crippen molar-refractivity contribution in [1.29, 1.82) is 0 Å². The quantitative estimate of drug-likeness (QED) is 0.810. The number of allylic oxidation sites excluding steroid dienone is 2. The monoisotopic (exact) mass is 252 g/mol. The lowest BCUT2D eigenvalue weighted by atomic mass is 9.68. The largest absolute Gasteiger partial charge is 0.481 e. The van der Waals surface area contributed by atoms with Crippen LogP contribution in [-0.4, -0.2) is 22.2 Å². The minimum Gasteiger partial charge on any atom is -0.481 e. The molecule has 0 radical (unpaired) electrons. The van der Waals surface area contributed by atoms with Gasteiger partial charge in [-0.1, -0.05) is 32.9 Å². The Hall–Kier alpha value is -1.58. The summed E-state index contributed by atoms with van der Waals surface area (Å²) >= 11 is 0. The predicted octanol–water partition coefficient (Wildman–Crippen LogP) is 2.85. The van der Waals surface area contributed by atoms with Crippen LogP contribution in [0.4, 0.5) is 0 Å². The van der Waals surface area contributed by atoms with Crippen LogP contribution >= 0.6 is 0 Å². The Kier molecular flexibility index (Phi) is 3.70. The van der Waals surface area contributed by atoms with E-state index in [1.807, 2.05) is 20.8 Å². The zero-order valence-electron chi connectivity index (χ0n) is 11.3. The highest BCUT2D eigenvalue weighted by Gasteiger charge is 2.43. The zero-order valence-corrected chi connectivity index (χ0v) is 11.3. The Morgan fingerprint density at radius 1 is 1.33 bits per heavy atom. The number of aliphatic carboxylic acids is 2. The maximum Gasteiger partial charge on any atom is 0.331 e. The molecule has 0 bridgehead atoms. The van der Waals surface area contributed by atoms with Crippen LogP contribution < -0.4 is 0 Å². The van der Waals surface area contributed by atoms with E-state index in [0.29, 0.717) is 12.0 Å². The summed E-state index contributed by atoms with van der Waals surface area (Å²) < 4.78 is 0. The molecule has 0 aromatic rings. The standard InChI is InChI=1S/C14H20O4/c1-9-5-6-14(12(17)18,8-13(2,3)4)7-10(9)11(15)16/h5-6H,7-8H2,1-4H3,(H,15,16)(H,17,18). The Balaban J connectivity index is 3.17. The molecule has 1 unspecified atom stereocenters. The molecular weight excluding hydrogens is 232 g/mol. The topological polar surface area (TPSA) is 74.6 Å². The first kappa shape index (κ1) is 14.5. The number of carboxylic acid groups (broad SMARTS) is 2. The average molecular weight is 252 g/mol. The van der Waals surface area contributed by atoms with E-state index >= 15 is 0 Å². The van der Waals surface area contributed by atoms with Crippen molar-refractivity contribution in [3.63, 3.8) is 0 Å². The van der Waals surface area contributed by atoms with Gasteiger partial charge in [0.1, 0.15) is 0 Å². The minimum atomic E-state index is -1.11. The molecule has 4 nitrogen and oxygen atoms in total. The van der Waals surface area contributed by atoms with Gasteiger partial charge in [-0.05, 0) is 30.8 Å². The number of rotatable bonds is 3. The van der Waals surface area contributed by atoms with Crippen LogP contribution in [0.2, 0.25) is 0 Å². The van der Waals surface area contributed by atoms with Crippen molar-refractivity contribution in [2.45, 2.75) is 40.5 Å². The molecule has 0 saturated heterocycles. The van der Waals surface area contributed by atoms with E-state index in [9.17, 15) is 14.7 Å². The van der Waals surface area contributed by atoms with Crippen LogP contribution in [-0.2, 0) is 9.59 Å². The minimum absolute atomic E-state index is 0.0528. The van der Waals surface area contributed by atoms with Crippen LogP contribution in [0.1, 0.15) is 40.5 Å². The number of carboxylic acids is 2. The summed E-state index contributed by atoms with van der Waals surface area (Å²) in [5.74, 6) is -1.99. The summed E-state index contributed by atoms with van der Waals surface area (Å²) in [7, 11) is 0. The second-order valence-corrected chi connectivity index (χ2v) is 6.18. The summed E-state index contributed by atoms with van der Waals surface area (Å²) in [5.41, 5.74) is -0.458. The first-order chi connectivity index (χ1) is 8.07. The Labute approximate surface area is 107 Å². The molecule has 4 heteroatoms. The fraction of sp³-hybridized carbons (Fsp3) is 0.571. The highest BCUT2D eigenvalue weighted by molar-refractivity contribution is 5.91. The fourth-order valence-electron chi connectivity index (χ4n) is 2.43. The third kappa shape index (κ3) is 3.00. The molecule has 2 N–H and O–H groups in total. The Bertz CT molecular complexity index is 437. The van der Waals surface area contributed by atoms with E-state index in [1.165, 1.54) is 0 Å². The summed E-state index contributed by atoms with van der Waals surface area (Å²) in [6.45, 7) is 7.56. The van der Waals surface area contributed by atoms with Crippen molar-refractivity contribution in [2.75, 3.05) is 0 Å². The van der Waals surface area contributed by atoms with Gasteiger partial charge in [0.15, 0.2) is 0 Å². The van der Waals surface area contributed by atoms with Crippen LogP contribution in [0.3, 0.4) is 0 Å². The van der Waals surface area contributed by atoms with Gasteiger partial charge in [0.25, 0.3) is 0 Å². The van der Waals surface area contributed by atoms with Crippen LogP contribution in [0, 0.1) is 10.8 Å². The van der Waals surface area contributed by atoms with Gasteiger partial charge in [0, 0.05) is 5.57 Å². The van der Waals surface area contributed by atoms with E-state index in [4.69, 9.17) is 5.11 Å². The summed E-state index contributed by atoms with van der Waals surface area (Å²) in [5, 5.41) is 18.6. The number of carbonyl (C=O) groups is 2. The van der Waals surface area contributed by atoms with Gasteiger partial charge in [-0.15, -0.1) is 0 Å². The second-order valence-electron chi connectivity index (χ2n) is 6.18. The van der Waals surface area contributed by atoms with E-state index < -0.39 is 17.4 Å². The van der Waals surface area contributed by atoms with Gasteiger partial charge in [0.05, 0.1) is 5.41 Å². The molecule has 1 aliphatic rings. The molecule has 0 fully saturated rings. The van der Waals surface area contributed by atoms with E-state index in [-0.39, 0.29) is 17.4 Å². The third-order valence-corrected chi connectivity index (χ3v) is 3.15. The first-order valence-electron chi connectivity index (χ1n) is 5.93. The molecule has 0 aromatic carbocycles. The van der Waals surface area contributed by atoms with Crippen LogP contribution in [0.15, 0.2) is 23.3 Å². The number of hydrogen-bond acceptors (Lipinski definition) is 2. The lowest BCUT2D eigenvalue weighted by Crippen LogP contribution is -2.36. The lowest BCUT2D eigenvalue weighted by Gasteiger charge is -2.35. The molecule has 0 saturated carbocycles. The molecule has 0 amide bonds. The van der Waals surface area contributed by atoms with Crippen molar-refractivity contribution in [1.82, 2.24) is 0 Å².